The molecule has 0 bridgehead atoms. The van der Waals surface area contributed by atoms with E-state index in [0.29, 0.717) is 29.0 Å². The number of amides is 1. The lowest BCUT2D eigenvalue weighted by molar-refractivity contribution is -0.0555. The fourth-order valence-electron chi connectivity index (χ4n) is 5.11. The van der Waals surface area contributed by atoms with Gasteiger partial charge in [0.2, 0.25) is 0 Å². The number of nitrogens with zero attached hydrogens (tertiary/aromatic N) is 4. The summed E-state index contributed by atoms with van der Waals surface area (Å²) in [5.41, 5.74) is 7.52. The van der Waals surface area contributed by atoms with Gasteiger partial charge < -0.3 is 25.4 Å². The molecule has 1 aromatic carbocycles. The number of methoxy groups -OCH3 is 2. The van der Waals surface area contributed by atoms with Gasteiger partial charge in [-0.05, 0) is 25.0 Å². The van der Waals surface area contributed by atoms with Crippen LogP contribution in [0.3, 0.4) is 0 Å². The van der Waals surface area contributed by atoms with Gasteiger partial charge in [-0.3, -0.25) is 9.48 Å². The van der Waals surface area contributed by atoms with Gasteiger partial charge in [0, 0.05) is 55.0 Å². The second-order valence-corrected chi connectivity index (χ2v) is 9.65. The van der Waals surface area contributed by atoms with Gasteiger partial charge in [-0.1, -0.05) is 0 Å². The van der Waals surface area contributed by atoms with E-state index < -0.39 is 29.7 Å². The zero-order valence-corrected chi connectivity index (χ0v) is 21.3. The van der Waals surface area contributed by atoms with Gasteiger partial charge in [0.1, 0.15) is 11.5 Å². The summed E-state index contributed by atoms with van der Waals surface area (Å²) in [5, 5.41) is 6.99. The van der Waals surface area contributed by atoms with Crippen LogP contribution in [0.2, 0.25) is 0 Å². The van der Waals surface area contributed by atoms with E-state index in [2.05, 4.69) is 15.4 Å². The van der Waals surface area contributed by atoms with Gasteiger partial charge in [-0.2, -0.15) is 5.10 Å². The van der Waals surface area contributed by atoms with Crippen LogP contribution in [0.1, 0.15) is 40.7 Å². The van der Waals surface area contributed by atoms with Crippen LogP contribution in [0.4, 0.5) is 19.0 Å². The van der Waals surface area contributed by atoms with Crippen molar-refractivity contribution in [1.82, 2.24) is 19.7 Å². The highest BCUT2D eigenvalue weighted by Gasteiger charge is 2.45. The molecule has 1 fully saturated rings. The Kier molecular flexibility index (Phi) is 6.68. The molecular weight excluding hydrogens is 501 g/mol. The van der Waals surface area contributed by atoms with Crippen LogP contribution >= 0.6 is 0 Å². The number of halogens is 3. The molecule has 1 amide bonds. The van der Waals surface area contributed by atoms with Crippen molar-refractivity contribution in [3.05, 3.63) is 53.1 Å². The first kappa shape index (κ1) is 25.8. The van der Waals surface area contributed by atoms with E-state index in [1.54, 1.807) is 31.4 Å². The maximum Gasteiger partial charge on any atom is 0.264 e. The molecule has 3 heterocycles. The smallest absolute Gasteiger partial charge is 0.264 e. The molecule has 1 unspecified atom stereocenters. The average Bonchev–Trinajstić information content (AvgIpc) is 3.47. The third-order valence-corrected chi connectivity index (χ3v) is 7.19. The van der Waals surface area contributed by atoms with Crippen LogP contribution in [0.25, 0.3) is 11.3 Å². The Morgan fingerprint density at radius 1 is 1.26 bits per heavy atom. The number of anilines is 1. The van der Waals surface area contributed by atoms with E-state index in [0.717, 1.165) is 0 Å². The number of rotatable bonds is 7. The van der Waals surface area contributed by atoms with Crippen molar-refractivity contribution >= 4 is 11.7 Å². The Morgan fingerprint density at radius 3 is 2.74 bits per heavy atom. The number of hydrogen-bond donors (Lipinski definition) is 2. The SMILES string of the molecule is COc1ccc(CN2Cc3c(F)c(NC4CCCC(F)(F)[C@@H]4N)nc(-c4cnn(C)c4)c3C2=O)c(OC)c1. The van der Waals surface area contributed by atoms with Crippen LogP contribution < -0.4 is 20.5 Å². The van der Waals surface area contributed by atoms with Crippen LogP contribution in [0.5, 0.6) is 11.5 Å². The zero-order valence-electron chi connectivity index (χ0n) is 21.3. The lowest BCUT2D eigenvalue weighted by Crippen LogP contribution is -2.55. The summed E-state index contributed by atoms with van der Waals surface area (Å²) in [6.45, 7) is 0.113. The highest BCUT2D eigenvalue weighted by molar-refractivity contribution is 6.04. The molecule has 3 N–H and O–H groups in total. The molecule has 5 rings (SSSR count). The van der Waals surface area contributed by atoms with Crippen LogP contribution in [0.15, 0.2) is 30.6 Å². The molecule has 0 spiro atoms. The lowest BCUT2D eigenvalue weighted by atomic mass is 9.87. The van der Waals surface area contributed by atoms with Crippen molar-refractivity contribution in [2.45, 2.75) is 50.4 Å². The Bertz CT molecular complexity index is 1380. The van der Waals surface area contributed by atoms with Crippen LogP contribution in [-0.2, 0) is 20.1 Å². The minimum Gasteiger partial charge on any atom is -0.497 e. The number of hydrogen-bond acceptors (Lipinski definition) is 7. The first-order valence-corrected chi connectivity index (χ1v) is 12.2. The third kappa shape index (κ3) is 4.53. The lowest BCUT2D eigenvalue weighted by Gasteiger charge is -2.36. The number of alkyl halides is 2. The van der Waals surface area contributed by atoms with E-state index in [4.69, 9.17) is 15.2 Å². The summed E-state index contributed by atoms with van der Waals surface area (Å²) in [6, 6.07) is 2.87. The Hall–Kier alpha value is -3.80. The predicted octanol–water partition coefficient (Wildman–Crippen LogP) is 3.72. The molecule has 2 aliphatic rings. The second kappa shape index (κ2) is 9.82. The number of carbonyl (C=O) groups excluding carboxylic acids is 1. The first-order chi connectivity index (χ1) is 18.1. The summed E-state index contributed by atoms with van der Waals surface area (Å²) in [7, 11) is 4.76. The Morgan fingerprint density at radius 2 is 2.05 bits per heavy atom. The van der Waals surface area contributed by atoms with Gasteiger partial charge in [-0.15, -0.1) is 0 Å². The van der Waals surface area contributed by atoms with Crippen molar-refractivity contribution in [1.29, 1.82) is 0 Å². The Labute approximate surface area is 217 Å². The minimum absolute atomic E-state index is 0.0352. The average molecular weight is 531 g/mol. The fraction of sp³-hybridized carbons (Fsp3) is 0.423. The summed E-state index contributed by atoms with van der Waals surface area (Å²) in [5.74, 6) is -3.33. The van der Waals surface area contributed by atoms with Gasteiger partial charge in [0.25, 0.3) is 11.8 Å². The highest BCUT2D eigenvalue weighted by atomic mass is 19.3. The standard InChI is InChI=1S/C26H29F3N6O3/c1-34-11-15(10-31-34)22-20-17(21(27)24(33-22)32-18-5-4-8-26(28,29)23(18)30)13-35(25(20)36)12-14-6-7-16(37-2)9-19(14)38-3/h6-7,9-11,18,23H,4-5,8,12-13,30H2,1-3H3,(H,32,33)/t18?,23-/m1/s1. The predicted molar refractivity (Wildman–Crippen MR) is 134 cm³/mol. The summed E-state index contributed by atoms with van der Waals surface area (Å²) >= 11 is 0. The van der Waals surface area contributed by atoms with Crippen LogP contribution in [0, 0.1) is 5.82 Å². The second-order valence-electron chi connectivity index (χ2n) is 9.65. The number of fused-ring (bicyclic) bond motifs is 1. The molecule has 38 heavy (non-hydrogen) atoms. The molecule has 1 aliphatic heterocycles. The largest absolute Gasteiger partial charge is 0.497 e. The molecule has 0 saturated heterocycles. The molecule has 9 nitrogen and oxygen atoms in total. The number of pyridine rings is 1. The molecule has 1 saturated carbocycles. The maximum atomic E-state index is 15.9. The van der Waals surface area contributed by atoms with Gasteiger partial charge in [-0.25, -0.2) is 18.2 Å². The molecular formula is C26H29F3N6O3. The summed E-state index contributed by atoms with van der Waals surface area (Å²) in [6.07, 6.45) is 3.46. The normalized spacial score (nSPS) is 20.4. The number of nitrogens with one attached hydrogen (secondary N) is 1. The summed E-state index contributed by atoms with van der Waals surface area (Å²) in [4.78, 5) is 19.5. The van der Waals surface area contributed by atoms with Crippen molar-refractivity contribution in [3.63, 3.8) is 0 Å². The van der Waals surface area contributed by atoms with E-state index in [1.807, 2.05) is 0 Å². The minimum atomic E-state index is -3.07. The Balaban J connectivity index is 1.53. The van der Waals surface area contributed by atoms with Crippen molar-refractivity contribution in [3.8, 4) is 22.8 Å². The van der Waals surface area contributed by atoms with Crippen molar-refractivity contribution < 1.29 is 27.4 Å². The molecule has 3 aromatic rings. The number of benzene rings is 1. The molecule has 0 radical (unpaired) electrons. The molecule has 1 aliphatic carbocycles. The summed E-state index contributed by atoms with van der Waals surface area (Å²) < 4.78 is 56.7. The molecule has 2 aromatic heterocycles. The fourth-order valence-corrected chi connectivity index (χ4v) is 5.11. The third-order valence-electron chi connectivity index (χ3n) is 7.19. The van der Waals surface area contributed by atoms with Gasteiger partial charge in [0.05, 0.1) is 44.3 Å². The van der Waals surface area contributed by atoms with Crippen LogP contribution in [-0.4, -0.2) is 57.8 Å². The van der Waals surface area contributed by atoms with Gasteiger partial charge >= 0.3 is 0 Å². The van der Waals surface area contributed by atoms with E-state index in [-0.39, 0.29) is 48.6 Å². The van der Waals surface area contributed by atoms with E-state index in [1.165, 1.54) is 30.0 Å². The van der Waals surface area contributed by atoms with E-state index >= 15 is 4.39 Å². The van der Waals surface area contributed by atoms with Crippen molar-refractivity contribution in [2.24, 2.45) is 12.8 Å². The van der Waals surface area contributed by atoms with Gasteiger partial charge in [0.15, 0.2) is 11.6 Å². The zero-order chi connectivity index (χ0) is 27.2. The van der Waals surface area contributed by atoms with E-state index in [9.17, 15) is 13.6 Å². The number of nitrogens with two attached hydrogens (primary N) is 1. The highest BCUT2D eigenvalue weighted by Crippen LogP contribution is 2.39. The molecule has 202 valence electrons. The maximum absolute atomic E-state index is 15.9. The monoisotopic (exact) mass is 530 g/mol. The number of aromatic nitrogens is 3. The molecule has 2 atom stereocenters. The topological polar surface area (TPSA) is 108 Å². The quantitative estimate of drug-likeness (QED) is 0.480. The number of ether oxygens (including phenoxy) is 2. The number of carbonyl (C=O) groups is 1. The molecule has 12 heteroatoms. The van der Waals surface area contributed by atoms with Crippen molar-refractivity contribution in [2.75, 3.05) is 19.5 Å². The first-order valence-electron chi connectivity index (χ1n) is 12.2. The number of aryl methyl sites for hydroxylation is 1.